The van der Waals surface area contributed by atoms with Crippen LogP contribution in [0.4, 0.5) is 4.39 Å². The normalized spacial score (nSPS) is 12.9. The van der Waals surface area contributed by atoms with Crippen LogP contribution in [0.3, 0.4) is 0 Å². The molecule has 5 nitrogen and oxygen atoms in total. The molecule has 2 N–H and O–H groups in total. The van der Waals surface area contributed by atoms with Crippen LogP contribution in [0.15, 0.2) is 23.1 Å². The Labute approximate surface area is 125 Å². The molecule has 0 unspecified atom stereocenters. The topological polar surface area (TPSA) is 69.6 Å². The molecule has 0 heterocycles. The van der Waals surface area contributed by atoms with Gasteiger partial charge in [0, 0.05) is 13.1 Å². The van der Waals surface area contributed by atoms with Crippen molar-refractivity contribution in [1.29, 1.82) is 0 Å². The van der Waals surface area contributed by atoms with Crippen molar-refractivity contribution in [2.45, 2.75) is 25.3 Å². The van der Waals surface area contributed by atoms with E-state index < -0.39 is 20.7 Å². The number of nitrogens with one attached hydrogen (secondary N) is 1. The third-order valence-electron chi connectivity index (χ3n) is 2.95. The quantitative estimate of drug-likeness (QED) is 0.792. The minimum atomic E-state index is -3.95. The highest BCUT2D eigenvalue weighted by Gasteiger charge is 2.25. The van der Waals surface area contributed by atoms with Crippen molar-refractivity contribution in [1.82, 2.24) is 9.62 Å². The molecule has 0 aliphatic carbocycles. The third-order valence-corrected chi connectivity index (χ3v) is 4.37. The Balaban J connectivity index is 2.92. The molecule has 0 saturated carbocycles. The zero-order valence-electron chi connectivity index (χ0n) is 12.9. The Hall–Kier alpha value is -1.02. The maximum Gasteiger partial charge on any atom is 0.243 e. The van der Waals surface area contributed by atoms with E-state index in [1.54, 1.807) is 0 Å². The summed E-state index contributed by atoms with van der Waals surface area (Å²) in [7, 11) is -0.140. The molecule has 120 valence electrons. The van der Waals surface area contributed by atoms with Crippen molar-refractivity contribution < 1.29 is 17.9 Å². The molecule has 0 spiro atoms. The lowest BCUT2D eigenvalue weighted by molar-refractivity contribution is 0.242. The van der Waals surface area contributed by atoms with Gasteiger partial charge in [-0.15, -0.1) is 0 Å². The van der Waals surface area contributed by atoms with Crippen molar-refractivity contribution in [2.24, 2.45) is 5.41 Å². The van der Waals surface area contributed by atoms with Crippen LogP contribution < -0.4 is 4.72 Å². The molecule has 1 rings (SSSR count). The SMILES string of the molecule is CN(C)CC(C)(C)CNS(=O)(=O)c1cc(CO)ccc1F. The van der Waals surface area contributed by atoms with Crippen LogP contribution in [-0.2, 0) is 16.6 Å². The van der Waals surface area contributed by atoms with Crippen LogP contribution in [0.25, 0.3) is 0 Å². The molecule has 0 amide bonds. The third kappa shape index (κ3) is 5.35. The van der Waals surface area contributed by atoms with E-state index in [2.05, 4.69) is 4.72 Å². The lowest BCUT2D eigenvalue weighted by atomic mass is 9.93. The number of hydrogen-bond donors (Lipinski definition) is 2. The number of aliphatic hydroxyl groups is 1. The first-order valence-electron chi connectivity index (χ1n) is 6.61. The van der Waals surface area contributed by atoms with Crippen LogP contribution in [0.1, 0.15) is 19.4 Å². The van der Waals surface area contributed by atoms with Crippen LogP contribution in [-0.4, -0.2) is 45.6 Å². The lowest BCUT2D eigenvalue weighted by Crippen LogP contribution is -2.40. The highest BCUT2D eigenvalue weighted by Crippen LogP contribution is 2.19. The van der Waals surface area contributed by atoms with Gasteiger partial charge in [0.15, 0.2) is 0 Å². The molecule has 0 saturated heterocycles. The monoisotopic (exact) mass is 318 g/mol. The number of aliphatic hydroxyl groups excluding tert-OH is 1. The fourth-order valence-electron chi connectivity index (χ4n) is 2.13. The standard InChI is InChI=1S/C14H23FN2O3S/c1-14(2,10-17(3)4)9-16-21(19,20)13-7-11(8-18)5-6-12(13)15/h5-7,16,18H,8-10H2,1-4H3. The van der Waals surface area contributed by atoms with Gasteiger partial charge in [-0.25, -0.2) is 17.5 Å². The predicted molar refractivity (Wildman–Crippen MR) is 79.8 cm³/mol. The van der Waals surface area contributed by atoms with Gasteiger partial charge in [0.05, 0.1) is 6.61 Å². The fraction of sp³-hybridized carbons (Fsp3) is 0.571. The summed E-state index contributed by atoms with van der Waals surface area (Å²) in [5.41, 5.74) is 0.0612. The number of nitrogens with zero attached hydrogens (tertiary/aromatic N) is 1. The van der Waals surface area contributed by atoms with E-state index in [4.69, 9.17) is 5.11 Å². The summed E-state index contributed by atoms with van der Waals surface area (Å²) in [4.78, 5) is 1.52. The van der Waals surface area contributed by atoms with Crippen LogP contribution in [0.2, 0.25) is 0 Å². The Morgan fingerprint density at radius 3 is 2.48 bits per heavy atom. The average molecular weight is 318 g/mol. The Bertz CT molecular complexity index is 586. The van der Waals surface area contributed by atoms with Gasteiger partial charge in [-0.1, -0.05) is 19.9 Å². The van der Waals surface area contributed by atoms with Crippen molar-refractivity contribution in [3.63, 3.8) is 0 Å². The second-order valence-electron chi connectivity index (χ2n) is 6.15. The lowest BCUT2D eigenvalue weighted by Gasteiger charge is -2.28. The van der Waals surface area contributed by atoms with Crippen molar-refractivity contribution in [3.8, 4) is 0 Å². The number of sulfonamides is 1. The first-order valence-corrected chi connectivity index (χ1v) is 8.09. The van der Waals surface area contributed by atoms with Gasteiger partial charge in [0.25, 0.3) is 0 Å². The molecule has 21 heavy (non-hydrogen) atoms. The molecule has 0 radical (unpaired) electrons. The summed E-state index contributed by atoms with van der Waals surface area (Å²) in [6, 6.07) is 3.55. The van der Waals surface area contributed by atoms with E-state index >= 15 is 0 Å². The summed E-state index contributed by atoms with van der Waals surface area (Å²) in [5.74, 6) is -0.829. The maximum atomic E-state index is 13.7. The largest absolute Gasteiger partial charge is 0.392 e. The highest BCUT2D eigenvalue weighted by atomic mass is 32.2. The van der Waals surface area contributed by atoms with E-state index in [0.29, 0.717) is 12.1 Å². The first-order chi connectivity index (χ1) is 9.57. The van der Waals surface area contributed by atoms with E-state index in [1.807, 2.05) is 32.8 Å². The zero-order valence-corrected chi connectivity index (χ0v) is 13.7. The molecule has 0 aliphatic heterocycles. The molecule has 1 aromatic rings. The number of halogens is 1. The highest BCUT2D eigenvalue weighted by molar-refractivity contribution is 7.89. The number of hydrogen-bond acceptors (Lipinski definition) is 4. The van der Waals surface area contributed by atoms with E-state index in [-0.39, 0.29) is 18.6 Å². The number of benzene rings is 1. The molecule has 7 heteroatoms. The molecule has 0 bridgehead atoms. The minimum Gasteiger partial charge on any atom is -0.392 e. The van der Waals surface area contributed by atoms with Gasteiger partial charge in [0.1, 0.15) is 10.7 Å². The summed E-state index contributed by atoms with van der Waals surface area (Å²) >= 11 is 0. The van der Waals surface area contributed by atoms with Gasteiger partial charge in [-0.05, 0) is 37.2 Å². The number of rotatable bonds is 7. The predicted octanol–water partition coefficient (Wildman–Crippen LogP) is 1.18. The molecule has 0 atom stereocenters. The molecule has 0 fully saturated rings. The van der Waals surface area contributed by atoms with Gasteiger partial charge < -0.3 is 10.0 Å². The van der Waals surface area contributed by atoms with Crippen molar-refractivity contribution >= 4 is 10.0 Å². The fourth-order valence-corrected chi connectivity index (χ4v) is 3.50. The Morgan fingerprint density at radius 2 is 1.95 bits per heavy atom. The van der Waals surface area contributed by atoms with Gasteiger partial charge >= 0.3 is 0 Å². The summed E-state index contributed by atoms with van der Waals surface area (Å²) < 4.78 is 40.6. The second kappa shape index (κ2) is 6.83. The molecule has 0 aromatic heterocycles. The van der Waals surface area contributed by atoms with E-state index in [0.717, 1.165) is 12.1 Å². The van der Waals surface area contributed by atoms with E-state index in [9.17, 15) is 12.8 Å². The zero-order chi connectivity index (χ0) is 16.3. The molecule has 0 aliphatic rings. The van der Waals surface area contributed by atoms with Gasteiger partial charge in [-0.2, -0.15) is 0 Å². The summed E-state index contributed by atoms with van der Waals surface area (Å²) in [6.45, 7) is 4.39. The van der Waals surface area contributed by atoms with E-state index in [1.165, 1.54) is 6.07 Å². The van der Waals surface area contributed by atoms with Crippen LogP contribution >= 0.6 is 0 Å². The summed E-state index contributed by atoms with van der Waals surface area (Å²) in [5, 5.41) is 9.03. The summed E-state index contributed by atoms with van der Waals surface area (Å²) in [6.07, 6.45) is 0. The van der Waals surface area contributed by atoms with Gasteiger partial charge in [0.2, 0.25) is 10.0 Å². The van der Waals surface area contributed by atoms with Crippen molar-refractivity contribution in [3.05, 3.63) is 29.6 Å². The Morgan fingerprint density at radius 1 is 1.33 bits per heavy atom. The first kappa shape index (κ1) is 18.0. The van der Waals surface area contributed by atoms with Crippen molar-refractivity contribution in [2.75, 3.05) is 27.2 Å². The molecular weight excluding hydrogens is 295 g/mol. The molecule has 1 aromatic carbocycles. The maximum absolute atomic E-state index is 13.7. The van der Waals surface area contributed by atoms with Crippen LogP contribution in [0.5, 0.6) is 0 Å². The van der Waals surface area contributed by atoms with Gasteiger partial charge in [-0.3, -0.25) is 0 Å². The second-order valence-corrected chi connectivity index (χ2v) is 7.88. The Kier molecular flexibility index (Phi) is 5.86. The molecular formula is C14H23FN2O3S. The smallest absolute Gasteiger partial charge is 0.243 e. The average Bonchev–Trinajstić information content (AvgIpc) is 2.36. The minimum absolute atomic E-state index is 0.191. The van der Waals surface area contributed by atoms with Crippen LogP contribution in [0, 0.1) is 11.2 Å².